The van der Waals surface area contributed by atoms with Crippen LogP contribution >= 0.6 is 0 Å². The lowest BCUT2D eigenvalue weighted by molar-refractivity contribution is -0.145. The number of carbonyl (C=O) groups is 8. The Labute approximate surface area is 608 Å². The third-order valence-corrected chi connectivity index (χ3v) is 22.4. The van der Waals surface area contributed by atoms with Crippen LogP contribution in [0.15, 0.2) is 170 Å². The minimum atomic E-state index is -1.11. The first-order valence-electron chi connectivity index (χ1n) is 36.9. The molecular weight excluding hydrogens is 1300 g/mol. The molecule has 0 aliphatic heterocycles. The zero-order valence-corrected chi connectivity index (χ0v) is 59.8. The van der Waals surface area contributed by atoms with Crippen LogP contribution in [-0.2, 0) is 122 Å². The maximum atomic E-state index is 15.5. The molecule has 12 bridgehead atoms. The van der Waals surface area contributed by atoms with Gasteiger partial charge in [0.2, 0.25) is 23.6 Å². The number of hydrogen-bond acceptors (Lipinski definition) is 12. The van der Waals surface area contributed by atoms with Crippen LogP contribution in [0.5, 0.6) is 0 Å². The minimum Gasteiger partial charge on any atom is -0.467 e. The van der Waals surface area contributed by atoms with Gasteiger partial charge in [-0.25, -0.2) is 19.2 Å². The van der Waals surface area contributed by atoms with Crippen molar-refractivity contribution in [3.05, 3.63) is 281 Å². The van der Waals surface area contributed by atoms with Crippen molar-refractivity contribution in [2.45, 2.75) is 176 Å². The number of esters is 4. The summed E-state index contributed by atoms with van der Waals surface area (Å²) in [6, 6.07) is 50.2. The highest BCUT2D eigenvalue weighted by Crippen LogP contribution is 2.55. The summed E-state index contributed by atoms with van der Waals surface area (Å²) in [5.41, 5.74) is 17.8. The van der Waals surface area contributed by atoms with Crippen LogP contribution in [0.4, 0.5) is 0 Å². The number of amides is 4. The Balaban J connectivity index is 1.06. The number of rotatable bonds is 20. The van der Waals surface area contributed by atoms with Crippen molar-refractivity contribution in [2.75, 3.05) is 28.4 Å². The van der Waals surface area contributed by atoms with Gasteiger partial charge in [0.1, 0.15) is 0 Å². The minimum absolute atomic E-state index is 0.104. The summed E-state index contributed by atoms with van der Waals surface area (Å²) in [7, 11) is 5.26. The number of methoxy groups -OCH3 is 4. The lowest BCUT2D eigenvalue weighted by atomic mass is 9.62. The zero-order valence-electron chi connectivity index (χ0n) is 59.8. The number of aryl methyl sites for hydroxylation is 4. The number of nitrogens with one attached hydrogen (secondary N) is 4. The van der Waals surface area contributed by atoms with E-state index in [0.29, 0.717) is 35.1 Å². The normalized spacial score (nSPS) is 18.3. The van der Waals surface area contributed by atoms with E-state index < -0.39 is 48.0 Å². The number of benzene rings is 8. The van der Waals surface area contributed by atoms with Gasteiger partial charge in [-0.2, -0.15) is 0 Å². The van der Waals surface area contributed by atoms with Gasteiger partial charge in [0.25, 0.3) is 0 Å². The van der Waals surface area contributed by atoms with Crippen molar-refractivity contribution in [1.82, 2.24) is 21.3 Å². The number of hydrogen-bond donors (Lipinski definition) is 4. The van der Waals surface area contributed by atoms with E-state index in [-0.39, 0.29) is 73.0 Å². The maximum absolute atomic E-state index is 15.5. The van der Waals surface area contributed by atoms with E-state index in [1.54, 1.807) is 48.5 Å². The van der Waals surface area contributed by atoms with Gasteiger partial charge < -0.3 is 40.2 Å². The second-order valence-electron chi connectivity index (χ2n) is 28.8. The van der Waals surface area contributed by atoms with E-state index in [4.69, 9.17) is 18.9 Å². The van der Waals surface area contributed by atoms with Crippen molar-refractivity contribution in [2.24, 2.45) is 0 Å². The van der Waals surface area contributed by atoms with Crippen LogP contribution in [0, 0.1) is 0 Å². The molecule has 8 aromatic carbocycles. The molecule has 4 N–H and O–H groups in total. The molecule has 4 amide bonds. The molecule has 8 aromatic rings. The lowest BCUT2D eigenvalue weighted by Crippen LogP contribution is -2.37. The fourth-order valence-corrected chi connectivity index (χ4v) is 16.9. The average molecular weight is 1400 g/mol. The number of fused-ring (bicyclic) bond motifs is 8. The summed E-state index contributed by atoms with van der Waals surface area (Å²) in [6.07, 6.45) is 11.6. The Morgan fingerprint density at radius 1 is 0.308 bits per heavy atom. The maximum Gasteiger partial charge on any atom is 0.333 e. The molecule has 0 heterocycles. The third kappa shape index (κ3) is 16.1. The van der Waals surface area contributed by atoms with Gasteiger partial charge in [-0.05, 0) is 225 Å². The standard InChI is InChI=1S/C88H92N4O12/c1-101-85(97)81(57-27-15-7-16-28-57)89-77(93)49-69-61-39-53-23-11-5-12-25-55-41-63(71(74(44-55)66-36-35-65(66)73(69)43-53)51-79(95)91-83(87(99)103-3)59-31-19-9-20-32-59)48-64-42-56-26-14-6-13-24-54-40-62(47-61)70(50-78(94)90-82(86(98)102-2)58-29-17-8-18-30-58)75(45-54)67-37-38-68(67)76(46-56)72(64)52-80(96)92-84(88(100)104-4)60-33-21-10-22-34-60/h7-10,15-22,27-34,39-46,65-68,81-84H,5-6,11-14,23-26,35-38,47-52H2,1-4H3,(H,89,93)(H,90,94)(H,91,95)(H,92,96). The highest BCUT2D eigenvalue weighted by Gasteiger charge is 2.42. The first kappa shape index (κ1) is 71.9. The van der Waals surface area contributed by atoms with E-state index in [1.165, 1.54) is 28.4 Å². The molecule has 8 atom stereocenters. The predicted molar refractivity (Wildman–Crippen MR) is 396 cm³/mol. The lowest BCUT2D eigenvalue weighted by Gasteiger charge is -2.42. The summed E-state index contributed by atoms with van der Waals surface area (Å²) in [5, 5.41) is 12.5. The molecule has 2 fully saturated rings. The highest BCUT2D eigenvalue weighted by molar-refractivity contribution is 5.90. The third-order valence-electron chi connectivity index (χ3n) is 22.4. The molecule has 5 aliphatic carbocycles. The van der Waals surface area contributed by atoms with Gasteiger partial charge in [-0.1, -0.05) is 183 Å². The van der Waals surface area contributed by atoms with E-state index in [0.717, 1.165) is 179 Å². The zero-order chi connectivity index (χ0) is 72.4. The van der Waals surface area contributed by atoms with Crippen LogP contribution in [0.2, 0.25) is 0 Å². The molecule has 0 saturated heterocycles. The fourth-order valence-electron chi connectivity index (χ4n) is 16.9. The van der Waals surface area contributed by atoms with Crippen LogP contribution < -0.4 is 21.3 Å². The molecule has 8 unspecified atom stereocenters. The summed E-state index contributed by atoms with van der Waals surface area (Å²) < 4.78 is 21.5. The number of carbonyl (C=O) groups excluding carboxylic acids is 8. The number of ether oxygens (including phenoxy) is 4. The Morgan fingerprint density at radius 2 is 0.519 bits per heavy atom. The van der Waals surface area contributed by atoms with Crippen molar-refractivity contribution < 1.29 is 57.3 Å². The van der Waals surface area contributed by atoms with E-state index in [9.17, 15) is 19.2 Å². The molecule has 0 radical (unpaired) electrons. The molecule has 16 nitrogen and oxygen atoms in total. The summed E-state index contributed by atoms with van der Waals surface area (Å²) >= 11 is 0. The average Bonchev–Trinajstić information content (AvgIpc) is 0.839. The SMILES string of the molecule is COC(=O)C(NC(=O)Cc1c2cc3cc1C1CCC1c1cc(cc(c1CC(=O)NC(C(=O)OC)c1ccccc1)Cc1cc4cc(c1CC(=O)NC(C(=O)OC)c1ccccc1)C1CCC1c1cc(cc(c1CC(=O)NC(C(=O)OC)c1ccccc1)C2)CCCCC4)CCCCC3)c1ccccc1. The molecule has 104 heavy (non-hydrogen) atoms. The first-order valence-corrected chi connectivity index (χ1v) is 36.9. The van der Waals surface area contributed by atoms with Gasteiger partial charge in [-0.15, -0.1) is 0 Å². The van der Waals surface area contributed by atoms with E-state index in [2.05, 4.69) is 69.8 Å². The molecule has 536 valence electrons. The molecule has 16 heteroatoms. The van der Waals surface area contributed by atoms with Gasteiger partial charge in [0.05, 0.1) is 54.1 Å². The van der Waals surface area contributed by atoms with E-state index >= 15 is 19.2 Å². The molecule has 13 rings (SSSR count). The smallest absolute Gasteiger partial charge is 0.333 e. The summed E-state index contributed by atoms with van der Waals surface area (Å²) in [6.45, 7) is 0. The summed E-state index contributed by atoms with van der Waals surface area (Å²) in [5.74, 6) is -4.68. The van der Waals surface area contributed by atoms with Crippen LogP contribution in [-0.4, -0.2) is 75.9 Å². The van der Waals surface area contributed by atoms with Gasteiger partial charge >= 0.3 is 23.9 Å². The van der Waals surface area contributed by atoms with Crippen LogP contribution in [0.25, 0.3) is 0 Å². The Kier molecular flexibility index (Phi) is 22.7. The monoisotopic (exact) mass is 1400 g/mol. The van der Waals surface area contributed by atoms with Crippen molar-refractivity contribution >= 4 is 47.5 Å². The molecule has 0 spiro atoms. The topological polar surface area (TPSA) is 222 Å². The molecule has 2 saturated carbocycles. The highest BCUT2D eigenvalue weighted by atomic mass is 16.5. The first-order chi connectivity index (χ1) is 50.6. The van der Waals surface area contributed by atoms with Gasteiger partial charge in [0.15, 0.2) is 24.2 Å². The molecular formula is C88H92N4O12. The largest absolute Gasteiger partial charge is 0.467 e. The molecule has 0 aromatic heterocycles. The second kappa shape index (κ2) is 32.9. The van der Waals surface area contributed by atoms with Gasteiger partial charge in [-0.3, -0.25) is 19.2 Å². The van der Waals surface area contributed by atoms with Gasteiger partial charge in [0, 0.05) is 0 Å². The second-order valence-corrected chi connectivity index (χ2v) is 28.8. The fraction of sp³-hybridized carbons (Fsp3) is 0.364. The van der Waals surface area contributed by atoms with Crippen LogP contribution in [0.3, 0.4) is 0 Å². The quantitative estimate of drug-likeness (QED) is 0.0413. The molecule has 5 aliphatic rings. The summed E-state index contributed by atoms with van der Waals surface area (Å²) in [4.78, 5) is 117. The van der Waals surface area contributed by atoms with Crippen molar-refractivity contribution in [1.29, 1.82) is 0 Å². The Bertz CT molecular complexity index is 3950. The predicted octanol–water partition coefficient (Wildman–Crippen LogP) is 13.3. The van der Waals surface area contributed by atoms with Crippen molar-refractivity contribution in [3.63, 3.8) is 0 Å². The Morgan fingerprint density at radius 3 is 0.712 bits per heavy atom. The van der Waals surface area contributed by atoms with E-state index in [1.807, 2.05) is 72.8 Å². The van der Waals surface area contributed by atoms with Crippen LogP contribution in [0.1, 0.15) is 223 Å². The van der Waals surface area contributed by atoms with Crippen molar-refractivity contribution in [3.8, 4) is 0 Å². The Hall–Kier alpha value is -10.5.